The van der Waals surface area contributed by atoms with Gasteiger partial charge >= 0.3 is 0 Å². The van der Waals surface area contributed by atoms with Crippen LogP contribution in [0.1, 0.15) is 36.8 Å². The summed E-state index contributed by atoms with van der Waals surface area (Å²) in [6.07, 6.45) is 1.59. The summed E-state index contributed by atoms with van der Waals surface area (Å²) in [7, 11) is 0. The summed E-state index contributed by atoms with van der Waals surface area (Å²) in [4.78, 5) is 14.7. The second-order valence-corrected chi connectivity index (χ2v) is 5.63. The van der Waals surface area contributed by atoms with E-state index in [0.717, 1.165) is 5.69 Å². The third-order valence-electron chi connectivity index (χ3n) is 2.96. The van der Waals surface area contributed by atoms with E-state index in [1.54, 1.807) is 12.3 Å². The van der Waals surface area contributed by atoms with Crippen LogP contribution in [0.15, 0.2) is 36.5 Å². The van der Waals surface area contributed by atoms with E-state index in [2.05, 4.69) is 31.1 Å². The molecule has 1 aromatic carbocycles. The van der Waals surface area contributed by atoms with Crippen molar-refractivity contribution in [3.8, 4) is 0 Å². The quantitative estimate of drug-likeness (QED) is 0.773. The highest BCUT2D eigenvalue weighted by Gasteiger charge is 2.13. The topological polar surface area (TPSA) is 70.9 Å². The Kier molecular flexibility index (Phi) is 3.34. The van der Waals surface area contributed by atoms with Crippen LogP contribution in [-0.4, -0.2) is 10.9 Å². The molecule has 1 aromatic heterocycles. The lowest BCUT2D eigenvalue weighted by atomic mass is 9.87. The summed E-state index contributed by atoms with van der Waals surface area (Å²) >= 11 is 0. The SMILES string of the molecule is CC(C)(C)c1ccc(NC(=O)c2cc(N)c[nH]2)cc1. The molecule has 0 saturated heterocycles. The highest BCUT2D eigenvalue weighted by atomic mass is 16.1. The van der Waals surface area contributed by atoms with E-state index in [0.29, 0.717) is 11.4 Å². The van der Waals surface area contributed by atoms with Crippen LogP contribution in [0.3, 0.4) is 0 Å². The molecule has 4 heteroatoms. The lowest BCUT2D eigenvalue weighted by Gasteiger charge is -2.19. The number of H-pyrrole nitrogens is 1. The highest BCUT2D eigenvalue weighted by Crippen LogP contribution is 2.23. The summed E-state index contributed by atoms with van der Waals surface area (Å²) in [6, 6.07) is 9.48. The molecule has 0 atom stereocenters. The number of nitrogen functional groups attached to an aromatic ring is 1. The van der Waals surface area contributed by atoms with E-state index >= 15 is 0 Å². The van der Waals surface area contributed by atoms with Gasteiger partial charge in [-0.3, -0.25) is 4.79 Å². The number of hydrogen-bond acceptors (Lipinski definition) is 2. The predicted molar refractivity (Wildman–Crippen MR) is 78.3 cm³/mol. The Labute approximate surface area is 113 Å². The van der Waals surface area contributed by atoms with Crippen molar-refractivity contribution >= 4 is 17.3 Å². The molecular weight excluding hydrogens is 238 g/mol. The Balaban J connectivity index is 2.10. The first-order valence-corrected chi connectivity index (χ1v) is 6.22. The summed E-state index contributed by atoms with van der Waals surface area (Å²) in [5, 5.41) is 2.82. The van der Waals surface area contributed by atoms with Gasteiger partial charge in [-0.25, -0.2) is 0 Å². The van der Waals surface area contributed by atoms with E-state index in [-0.39, 0.29) is 11.3 Å². The fourth-order valence-corrected chi connectivity index (χ4v) is 1.79. The second kappa shape index (κ2) is 4.80. The average molecular weight is 257 g/mol. The second-order valence-electron chi connectivity index (χ2n) is 5.63. The maximum Gasteiger partial charge on any atom is 0.272 e. The van der Waals surface area contributed by atoms with E-state index in [1.165, 1.54) is 5.56 Å². The van der Waals surface area contributed by atoms with Crippen LogP contribution in [0.4, 0.5) is 11.4 Å². The lowest BCUT2D eigenvalue weighted by molar-refractivity contribution is 0.102. The zero-order valence-corrected chi connectivity index (χ0v) is 11.4. The first-order chi connectivity index (χ1) is 8.86. The third kappa shape index (κ3) is 3.16. The normalized spacial score (nSPS) is 11.3. The third-order valence-corrected chi connectivity index (χ3v) is 2.96. The number of benzene rings is 1. The van der Waals surface area contributed by atoms with E-state index < -0.39 is 0 Å². The number of aromatic amines is 1. The van der Waals surface area contributed by atoms with Gasteiger partial charge in [0.2, 0.25) is 0 Å². The Morgan fingerprint density at radius 3 is 2.32 bits per heavy atom. The minimum atomic E-state index is -0.194. The molecule has 0 fully saturated rings. The van der Waals surface area contributed by atoms with E-state index in [4.69, 9.17) is 5.73 Å². The molecule has 2 aromatic rings. The maximum absolute atomic E-state index is 11.9. The van der Waals surface area contributed by atoms with Gasteiger partial charge in [0.1, 0.15) is 5.69 Å². The van der Waals surface area contributed by atoms with Crippen molar-refractivity contribution < 1.29 is 4.79 Å². The van der Waals surface area contributed by atoms with Crippen LogP contribution in [0.5, 0.6) is 0 Å². The Bertz CT molecular complexity index is 576. The standard InChI is InChI=1S/C15H19N3O/c1-15(2,3)10-4-6-12(7-5-10)18-14(19)13-8-11(16)9-17-13/h4-9,17H,16H2,1-3H3,(H,18,19). The Hall–Kier alpha value is -2.23. The van der Waals surface area contributed by atoms with Gasteiger partial charge in [-0.1, -0.05) is 32.9 Å². The van der Waals surface area contributed by atoms with Gasteiger partial charge in [-0.2, -0.15) is 0 Å². The molecule has 0 aliphatic rings. The van der Waals surface area contributed by atoms with Crippen molar-refractivity contribution in [2.75, 3.05) is 11.1 Å². The number of aromatic nitrogens is 1. The minimum absolute atomic E-state index is 0.108. The number of carbonyl (C=O) groups excluding carboxylic acids is 1. The molecule has 0 radical (unpaired) electrons. The lowest BCUT2D eigenvalue weighted by Crippen LogP contribution is -2.13. The Morgan fingerprint density at radius 1 is 1.21 bits per heavy atom. The molecule has 1 heterocycles. The zero-order valence-electron chi connectivity index (χ0n) is 11.4. The number of nitrogens with one attached hydrogen (secondary N) is 2. The van der Waals surface area contributed by atoms with Crippen LogP contribution in [0, 0.1) is 0 Å². The molecule has 0 aliphatic heterocycles. The van der Waals surface area contributed by atoms with Gasteiger partial charge in [-0.15, -0.1) is 0 Å². The molecule has 4 nitrogen and oxygen atoms in total. The molecule has 0 unspecified atom stereocenters. The fraction of sp³-hybridized carbons (Fsp3) is 0.267. The van der Waals surface area contributed by atoms with Crippen molar-refractivity contribution in [2.24, 2.45) is 0 Å². The van der Waals surface area contributed by atoms with Gasteiger partial charge in [0.15, 0.2) is 0 Å². The Morgan fingerprint density at radius 2 is 1.84 bits per heavy atom. The molecular formula is C15H19N3O. The van der Waals surface area contributed by atoms with Gasteiger partial charge in [0, 0.05) is 17.6 Å². The molecule has 19 heavy (non-hydrogen) atoms. The molecule has 1 amide bonds. The molecule has 2 rings (SSSR count). The van der Waals surface area contributed by atoms with E-state index in [1.807, 2.05) is 24.3 Å². The smallest absolute Gasteiger partial charge is 0.272 e. The average Bonchev–Trinajstić information content (AvgIpc) is 2.75. The van der Waals surface area contributed by atoms with Crippen molar-refractivity contribution in [1.29, 1.82) is 0 Å². The number of anilines is 2. The van der Waals surface area contributed by atoms with Gasteiger partial charge < -0.3 is 16.0 Å². The monoisotopic (exact) mass is 257 g/mol. The van der Waals surface area contributed by atoms with Crippen LogP contribution in [0.25, 0.3) is 0 Å². The van der Waals surface area contributed by atoms with Gasteiger partial charge in [0.05, 0.1) is 0 Å². The number of amides is 1. The van der Waals surface area contributed by atoms with Crippen LogP contribution in [-0.2, 0) is 5.41 Å². The molecule has 4 N–H and O–H groups in total. The first kappa shape index (κ1) is 13.2. The maximum atomic E-state index is 11.9. The predicted octanol–water partition coefficient (Wildman–Crippen LogP) is 3.15. The van der Waals surface area contributed by atoms with E-state index in [9.17, 15) is 4.79 Å². The highest BCUT2D eigenvalue weighted by molar-refractivity contribution is 6.03. The first-order valence-electron chi connectivity index (χ1n) is 6.22. The molecule has 0 aliphatic carbocycles. The van der Waals surface area contributed by atoms with Crippen LogP contribution in [0.2, 0.25) is 0 Å². The van der Waals surface area contributed by atoms with Crippen molar-refractivity contribution in [2.45, 2.75) is 26.2 Å². The summed E-state index contributed by atoms with van der Waals surface area (Å²) in [6.45, 7) is 6.47. The van der Waals surface area contributed by atoms with Crippen molar-refractivity contribution in [3.63, 3.8) is 0 Å². The summed E-state index contributed by atoms with van der Waals surface area (Å²) in [5.41, 5.74) is 8.68. The van der Waals surface area contributed by atoms with Gasteiger partial charge in [-0.05, 0) is 29.2 Å². The van der Waals surface area contributed by atoms with Crippen molar-refractivity contribution in [3.05, 3.63) is 47.8 Å². The number of nitrogens with two attached hydrogens (primary N) is 1. The van der Waals surface area contributed by atoms with Crippen LogP contribution >= 0.6 is 0 Å². The number of carbonyl (C=O) groups is 1. The molecule has 100 valence electrons. The fourth-order valence-electron chi connectivity index (χ4n) is 1.79. The summed E-state index contributed by atoms with van der Waals surface area (Å²) in [5.74, 6) is -0.194. The van der Waals surface area contributed by atoms with Gasteiger partial charge in [0.25, 0.3) is 5.91 Å². The number of rotatable bonds is 2. The largest absolute Gasteiger partial charge is 0.397 e. The number of hydrogen-bond donors (Lipinski definition) is 3. The van der Waals surface area contributed by atoms with Crippen LogP contribution < -0.4 is 11.1 Å². The molecule has 0 bridgehead atoms. The molecule has 0 spiro atoms. The van der Waals surface area contributed by atoms with Crippen molar-refractivity contribution in [1.82, 2.24) is 4.98 Å². The molecule has 0 saturated carbocycles. The zero-order chi connectivity index (χ0) is 14.0. The minimum Gasteiger partial charge on any atom is -0.397 e. The summed E-state index contributed by atoms with van der Waals surface area (Å²) < 4.78 is 0.